The Kier molecular flexibility index (Phi) is 8.19. The van der Waals surface area contributed by atoms with Gasteiger partial charge in [0.05, 0.1) is 22.4 Å². The molecule has 0 aliphatic carbocycles. The van der Waals surface area contributed by atoms with Crippen molar-refractivity contribution in [2.24, 2.45) is 0 Å². The van der Waals surface area contributed by atoms with Crippen LogP contribution in [0.4, 0.5) is 17.1 Å². The van der Waals surface area contributed by atoms with Gasteiger partial charge in [-0.1, -0.05) is 176 Å². The summed E-state index contributed by atoms with van der Waals surface area (Å²) >= 11 is 0. The van der Waals surface area contributed by atoms with Crippen LogP contribution in [-0.4, -0.2) is 4.57 Å². The van der Waals surface area contributed by atoms with Crippen LogP contribution in [0.3, 0.4) is 0 Å². The van der Waals surface area contributed by atoms with Crippen molar-refractivity contribution >= 4 is 60.4 Å². The van der Waals surface area contributed by atoms with Gasteiger partial charge < -0.3 is 9.47 Å². The summed E-state index contributed by atoms with van der Waals surface area (Å²) in [7, 11) is 0. The Morgan fingerprint density at radius 1 is 0.293 bits per heavy atom. The largest absolute Gasteiger partial charge is 0.310 e. The van der Waals surface area contributed by atoms with Gasteiger partial charge in [0.25, 0.3) is 0 Å². The molecule has 0 fully saturated rings. The zero-order valence-electron chi connectivity index (χ0n) is 31.8. The highest BCUT2D eigenvalue weighted by molar-refractivity contribution is 6.12. The van der Waals surface area contributed by atoms with Crippen molar-refractivity contribution in [3.63, 3.8) is 0 Å². The van der Waals surface area contributed by atoms with Crippen LogP contribution in [0.25, 0.3) is 82.4 Å². The van der Waals surface area contributed by atoms with Gasteiger partial charge in [-0.15, -0.1) is 0 Å². The summed E-state index contributed by atoms with van der Waals surface area (Å²) in [4.78, 5) is 2.45. The highest BCUT2D eigenvalue weighted by Crippen LogP contribution is 2.46. The van der Waals surface area contributed by atoms with E-state index in [0.29, 0.717) is 0 Å². The van der Waals surface area contributed by atoms with Crippen LogP contribution in [0.5, 0.6) is 0 Å². The summed E-state index contributed by atoms with van der Waals surface area (Å²) in [5, 5.41) is 7.29. The van der Waals surface area contributed by atoms with Crippen LogP contribution in [0.1, 0.15) is 0 Å². The third-order valence-electron chi connectivity index (χ3n) is 11.5. The molecular formula is C56H38N2. The van der Waals surface area contributed by atoms with Crippen molar-refractivity contribution < 1.29 is 0 Å². The summed E-state index contributed by atoms with van der Waals surface area (Å²) in [6.45, 7) is 0. The van der Waals surface area contributed by atoms with Gasteiger partial charge in [0.1, 0.15) is 0 Å². The molecule has 0 atom stereocenters. The second kappa shape index (κ2) is 14.1. The molecule has 0 aliphatic rings. The van der Waals surface area contributed by atoms with Crippen LogP contribution in [0, 0.1) is 0 Å². The monoisotopic (exact) mass is 738 g/mol. The van der Waals surface area contributed by atoms with E-state index in [1.807, 2.05) is 0 Å². The van der Waals surface area contributed by atoms with E-state index in [-0.39, 0.29) is 0 Å². The molecule has 0 unspecified atom stereocenters. The summed E-state index contributed by atoms with van der Waals surface area (Å²) in [6, 6.07) is 83.9. The van der Waals surface area contributed by atoms with Gasteiger partial charge in [0.15, 0.2) is 0 Å². The number of hydrogen-bond donors (Lipinski definition) is 0. The quantitative estimate of drug-likeness (QED) is 0.158. The number of para-hydroxylation sites is 1. The molecule has 2 nitrogen and oxygen atoms in total. The zero-order valence-corrected chi connectivity index (χ0v) is 31.8. The Morgan fingerprint density at radius 3 is 1.41 bits per heavy atom. The van der Waals surface area contributed by atoms with E-state index >= 15 is 0 Å². The van der Waals surface area contributed by atoms with Gasteiger partial charge in [-0.2, -0.15) is 0 Å². The molecule has 0 bridgehead atoms. The van der Waals surface area contributed by atoms with Gasteiger partial charge in [-0.05, 0) is 98.4 Å². The predicted octanol–water partition coefficient (Wildman–Crippen LogP) is 15.6. The van der Waals surface area contributed by atoms with Gasteiger partial charge in [0.2, 0.25) is 0 Å². The normalized spacial score (nSPS) is 11.4. The highest BCUT2D eigenvalue weighted by atomic mass is 15.1. The fourth-order valence-electron chi connectivity index (χ4n) is 8.74. The maximum absolute atomic E-state index is 2.48. The summed E-state index contributed by atoms with van der Waals surface area (Å²) in [5.41, 5.74) is 13.9. The predicted molar refractivity (Wildman–Crippen MR) is 247 cm³/mol. The molecule has 0 aliphatic heterocycles. The van der Waals surface area contributed by atoms with E-state index in [9.17, 15) is 0 Å². The maximum Gasteiger partial charge on any atom is 0.0562 e. The lowest BCUT2D eigenvalue weighted by Gasteiger charge is -2.29. The first-order chi connectivity index (χ1) is 28.8. The van der Waals surface area contributed by atoms with Crippen molar-refractivity contribution in [1.29, 1.82) is 0 Å². The minimum atomic E-state index is 1.08. The van der Waals surface area contributed by atoms with Gasteiger partial charge >= 0.3 is 0 Å². The molecular weight excluding hydrogens is 701 g/mol. The number of aromatic nitrogens is 1. The summed E-state index contributed by atoms with van der Waals surface area (Å²) < 4.78 is 2.48. The third-order valence-corrected chi connectivity index (χ3v) is 11.5. The Labute approximate surface area is 338 Å². The first-order valence-corrected chi connectivity index (χ1v) is 19.9. The van der Waals surface area contributed by atoms with E-state index in [1.165, 1.54) is 71.2 Å². The number of fused-ring (bicyclic) bond motifs is 5. The Bertz CT molecular complexity index is 3250. The molecule has 1 heterocycles. The third kappa shape index (κ3) is 5.82. The summed E-state index contributed by atoms with van der Waals surface area (Å²) in [6.07, 6.45) is 0. The average molecular weight is 739 g/mol. The molecule has 2 heteroatoms. The maximum atomic E-state index is 2.48. The minimum Gasteiger partial charge on any atom is -0.310 e. The van der Waals surface area contributed by atoms with Gasteiger partial charge in [-0.3, -0.25) is 0 Å². The molecule has 0 spiro atoms. The molecule has 0 amide bonds. The topological polar surface area (TPSA) is 8.17 Å². The molecule has 272 valence electrons. The number of hydrogen-bond acceptors (Lipinski definition) is 1. The van der Waals surface area contributed by atoms with E-state index in [0.717, 1.165) is 28.3 Å². The molecule has 1 aromatic heterocycles. The first kappa shape index (κ1) is 33.6. The Morgan fingerprint density at radius 2 is 0.759 bits per heavy atom. The fourth-order valence-corrected chi connectivity index (χ4v) is 8.74. The van der Waals surface area contributed by atoms with Crippen LogP contribution in [0.2, 0.25) is 0 Å². The molecule has 11 rings (SSSR count). The lowest BCUT2D eigenvalue weighted by molar-refractivity contribution is 1.18. The van der Waals surface area contributed by atoms with Crippen LogP contribution < -0.4 is 4.90 Å². The van der Waals surface area contributed by atoms with E-state index < -0.39 is 0 Å². The number of benzene rings is 10. The minimum absolute atomic E-state index is 1.08. The standard InChI is InChI=1S/C56H38N2/c1-4-16-39(17-5-1)40-28-30-47(31-29-40)57(54-36-45-24-12-10-22-43(45)34-51(54)41-18-6-2-7-19-41)48-32-33-50-49-26-14-15-27-53(49)58(56(50)38-48)55-37-46-25-13-11-23-44(46)35-52(55)42-20-8-3-9-21-42/h1-38H. The Hall–Kier alpha value is -7.68. The lowest BCUT2D eigenvalue weighted by Crippen LogP contribution is -2.11. The van der Waals surface area contributed by atoms with Crippen molar-refractivity contribution in [3.8, 4) is 39.1 Å². The van der Waals surface area contributed by atoms with Crippen LogP contribution in [0.15, 0.2) is 231 Å². The average Bonchev–Trinajstić information content (AvgIpc) is 3.63. The van der Waals surface area contributed by atoms with E-state index in [2.05, 4.69) is 240 Å². The zero-order chi connectivity index (χ0) is 38.4. The molecule has 10 aromatic carbocycles. The molecule has 0 saturated carbocycles. The van der Waals surface area contributed by atoms with Crippen molar-refractivity contribution in [2.75, 3.05) is 4.90 Å². The molecule has 0 radical (unpaired) electrons. The fraction of sp³-hybridized carbons (Fsp3) is 0. The lowest BCUT2D eigenvalue weighted by atomic mass is 9.97. The summed E-state index contributed by atoms with van der Waals surface area (Å²) in [5.74, 6) is 0. The van der Waals surface area contributed by atoms with Crippen molar-refractivity contribution in [1.82, 2.24) is 4.57 Å². The van der Waals surface area contributed by atoms with Gasteiger partial charge in [0, 0.05) is 33.3 Å². The number of anilines is 3. The van der Waals surface area contributed by atoms with Crippen molar-refractivity contribution in [3.05, 3.63) is 231 Å². The molecule has 11 aromatic rings. The molecule has 58 heavy (non-hydrogen) atoms. The highest BCUT2D eigenvalue weighted by Gasteiger charge is 2.22. The van der Waals surface area contributed by atoms with Crippen LogP contribution in [-0.2, 0) is 0 Å². The van der Waals surface area contributed by atoms with Crippen LogP contribution >= 0.6 is 0 Å². The molecule has 0 N–H and O–H groups in total. The number of nitrogens with zero attached hydrogens (tertiary/aromatic N) is 2. The van der Waals surface area contributed by atoms with E-state index in [1.54, 1.807) is 0 Å². The first-order valence-electron chi connectivity index (χ1n) is 19.9. The van der Waals surface area contributed by atoms with E-state index in [4.69, 9.17) is 0 Å². The van der Waals surface area contributed by atoms with Gasteiger partial charge in [-0.25, -0.2) is 0 Å². The SMILES string of the molecule is c1ccc(-c2ccc(N(c3ccc4c5ccccc5n(-c5cc6ccccc6cc5-c5ccccc5)c4c3)c3cc4ccccc4cc3-c3ccccc3)cc2)cc1. The number of rotatable bonds is 7. The second-order valence-corrected chi connectivity index (χ2v) is 15.0. The molecule has 0 saturated heterocycles. The smallest absolute Gasteiger partial charge is 0.0562 e. The van der Waals surface area contributed by atoms with Crippen molar-refractivity contribution in [2.45, 2.75) is 0 Å². The second-order valence-electron chi connectivity index (χ2n) is 15.0. The Balaban J connectivity index is 1.20.